The Morgan fingerprint density at radius 1 is 1.12 bits per heavy atom. The van der Waals surface area contributed by atoms with Gasteiger partial charge in [-0.2, -0.15) is 4.52 Å². The smallest absolute Gasteiger partial charge is 0.223 e. The first-order chi connectivity index (χ1) is 15.5. The molecule has 9 heteroatoms. The van der Waals surface area contributed by atoms with Crippen molar-refractivity contribution in [2.75, 3.05) is 37.7 Å². The summed E-state index contributed by atoms with van der Waals surface area (Å²) in [6.45, 7) is 7.57. The number of ether oxygens (including phenoxy) is 2. The highest BCUT2D eigenvalue weighted by Gasteiger charge is 2.29. The van der Waals surface area contributed by atoms with Crippen LogP contribution in [0.25, 0.3) is 5.65 Å². The maximum Gasteiger partial charge on any atom is 0.223 e. The fourth-order valence-electron chi connectivity index (χ4n) is 4.28. The minimum Gasteiger partial charge on any atom is -0.486 e. The molecular weight excluding hydrogens is 408 g/mol. The van der Waals surface area contributed by atoms with Gasteiger partial charge in [0.25, 0.3) is 0 Å². The molecule has 0 unspecified atom stereocenters. The number of aromatic nitrogens is 4. The number of amides is 1. The van der Waals surface area contributed by atoms with Gasteiger partial charge in [-0.1, -0.05) is 19.9 Å². The first-order valence-corrected chi connectivity index (χ1v) is 11.1. The largest absolute Gasteiger partial charge is 0.486 e. The molecule has 2 aliphatic heterocycles. The lowest BCUT2D eigenvalue weighted by Gasteiger charge is -2.33. The predicted octanol–water partition coefficient (Wildman–Crippen LogP) is 2.21. The second-order valence-corrected chi connectivity index (χ2v) is 9.05. The van der Waals surface area contributed by atoms with E-state index in [1.807, 2.05) is 24.3 Å². The van der Waals surface area contributed by atoms with Crippen molar-refractivity contribution in [2.24, 2.45) is 5.92 Å². The van der Waals surface area contributed by atoms with Gasteiger partial charge in [-0.3, -0.25) is 4.79 Å². The number of carbonyl (C=O) groups is 1. The number of nitrogens with zero attached hydrogens (tertiary/aromatic N) is 5. The Morgan fingerprint density at radius 3 is 2.72 bits per heavy atom. The number of anilines is 1. The highest BCUT2D eigenvalue weighted by Crippen LogP contribution is 2.35. The van der Waals surface area contributed by atoms with Gasteiger partial charge < -0.3 is 19.7 Å². The van der Waals surface area contributed by atoms with Crippen molar-refractivity contribution < 1.29 is 14.3 Å². The molecule has 4 heterocycles. The van der Waals surface area contributed by atoms with Crippen LogP contribution in [0.3, 0.4) is 0 Å². The molecule has 1 N–H and O–H groups in total. The molecule has 1 fully saturated rings. The summed E-state index contributed by atoms with van der Waals surface area (Å²) in [5, 5.41) is 15.6. The van der Waals surface area contributed by atoms with E-state index in [2.05, 4.69) is 45.4 Å². The first kappa shape index (κ1) is 20.5. The maximum atomic E-state index is 12.9. The molecule has 2 aromatic heterocycles. The van der Waals surface area contributed by atoms with Gasteiger partial charge in [0.15, 0.2) is 17.1 Å². The highest BCUT2D eigenvalue weighted by atomic mass is 16.6. The summed E-state index contributed by atoms with van der Waals surface area (Å²) in [6, 6.07) is 9.90. The van der Waals surface area contributed by atoms with Gasteiger partial charge in [0, 0.05) is 31.0 Å². The number of hydrogen-bond donors (Lipinski definition) is 1. The van der Waals surface area contributed by atoms with Crippen molar-refractivity contribution in [1.29, 1.82) is 0 Å². The molecular formula is C23H28N6O3. The van der Waals surface area contributed by atoms with E-state index in [0.717, 1.165) is 54.5 Å². The molecule has 0 aliphatic carbocycles. The van der Waals surface area contributed by atoms with Crippen LogP contribution >= 0.6 is 0 Å². The average Bonchev–Trinajstić information content (AvgIpc) is 3.30. The predicted molar refractivity (Wildman–Crippen MR) is 119 cm³/mol. The van der Waals surface area contributed by atoms with Gasteiger partial charge in [-0.05, 0) is 42.7 Å². The number of carbonyl (C=O) groups excluding carboxylic acids is 1. The third-order valence-corrected chi connectivity index (χ3v) is 6.37. The lowest BCUT2D eigenvalue weighted by molar-refractivity contribution is -0.125. The van der Waals surface area contributed by atoms with Crippen molar-refractivity contribution in [2.45, 2.75) is 32.1 Å². The Labute approximate surface area is 186 Å². The average molecular weight is 437 g/mol. The van der Waals surface area contributed by atoms with Crippen LogP contribution in [0.4, 0.5) is 5.82 Å². The van der Waals surface area contributed by atoms with Crippen LogP contribution < -0.4 is 19.7 Å². The zero-order chi connectivity index (χ0) is 22.1. The summed E-state index contributed by atoms with van der Waals surface area (Å²) in [7, 11) is 0. The molecule has 3 aromatic rings. The van der Waals surface area contributed by atoms with E-state index in [1.165, 1.54) is 0 Å². The molecule has 168 valence electrons. The van der Waals surface area contributed by atoms with Crippen LogP contribution in [-0.2, 0) is 10.2 Å². The number of nitrogens with one attached hydrogen (secondary N) is 1. The number of rotatable bonds is 5. The van der Waals surface area contributed by atoms with E-state index >= 15 is 0 Å². The van der Waals surface area contributed by atoms with E-state index < -0.39 is 0 Å². The Balaban J connectivity index is 1.16. The van der Waals surface area contributed by atoms with Crippen molar-refractivity contribution in [3.05, 3.63) is 42.2 Å². The molecule has 0 spiro atoms. The van der Waals surface area contributed by atoms with Gasteiger partial charge in [0.1, 0.15) is 25.4 Å². The summed E-state index contributed by atoms with van der Waals surface area (Å²) in [4.78, 5) is 15.1. The summed E-state index contributed by atoms with van der Waals surface area (Å²) >= 11 is 0. The van der Waals surface area contributed by atoms with Crippen LogP contribution in [0, 0.1) is 5.92 Å². The van der Waals surface area contributed by atoms with Crippen molar-refractivity contribution in [1.82, 2.24) is 25.1 Å². The lowest BCUT2D eigenvalue weighted by Crippen LogP contribution is -2.44. The van der Waals surface area contributed by atoms with Crippen LogP contribution in [0.15, 0.2) is 36.7 Å². The second kappa shape index (κ2) is 8.29. The van der Waals surface area contributed by atoms with Crippen LogP contribution in [0.5, 0.6) is 11.5 Å². The van der Waals surface area contributed by atoms with E-state index in [1.54, 1.807) is 10.8 Å². The van der Waals surface area contributed by atoms with Crippen LogP contribution in [0.2, 0.25) is 0 Å². The quantitative estimate of drug-likeness (QED) is 0.655. The normalized spacial score (nSPS) is 16.9. The Bertz CT molecular complexity index is 1120. The Kier molecular flexibility index (Phi) is 5.32. The number of piperidine rings is 1. The van der Waals surface area contributed by atoms with Crippen molar-refractivity contribution in [3.8, 4) is 11.5 Å². The molecule has 0 bridgehead atoms. The van der Waals surface area contributed by atoms with Gasteiger partial charge >= 0.3 is 0 Å². The molecule has 0 saturated carbocycles. The fourth-order valence-corrected chi connectivity index (χ4v) is 4.28. The number of fused-ring (bicyclic) bond motifs is 2. The number of benzene rings is 1. The zero-order valence-electron chi connectivity index (χ0n) is 18.5. The highest BCUT2D eigenvalue weighted by molar-refractivity contribution is 5.79. The van der Waals surface area contributed by atoms with Gasteiger partial charge in [0.05, 0.1) is 0 Å². The summed E-state index contributed by atoms with van der Waals surface area (Å²) < 4.78 is 13.0. The minimum atomic E-state index is -0.218. The van der Waals surface area contributed by atoms with Gasteiger partial charge in [0.2, 0.25) is 5.91 Å². The van der Waals surface area contributed by atoms with Crippen LogP contribution in [0.1, 0.15) is 32.3 Å². The van der Waals surface area contributed by atoms with Crippen molar-refractivity contribution in [3.63, 3.8) is 0 Å². The first-order valence-electron chi connectivity index (χ1n) is 11.1. The third-order valence-electron chi connectivity index (χ3n) is 6.37. The molecule has 5 rings (SSSR count). The molecule has 1 saturated heterocycles. The Morgan fingerprint density at radius 2 is 1.91 bits per heavy atom. The van der Waals surface area contributed by atoms with E-state index in [-0.39, 0.29) is 17.2 Å². The zero-order valence-corrected chi connectivity index (χ0v) is 18.5. The summed E-state index contributed by atoms with van der Waals surface area (Å²) in [5.41, 5.74) is 1.63. The molecule has 1 aromatic carbocycles. The maximum absolute atomic E-state index is 12.9. The van der Waals surface area contributed by atoms with Crippen molar-refractivity contribution >= 4 is 17.4 Å². The van der Waals surface area contributed by atoms with E-state index in [0.29, 0.717) is 19.8 Å². The van der Waals surface area contributed by atoms with Gasteiger partial charge in [-0.25, -0.2) is 0 Å². The summed E-state index contributed by atoms with van der Waals surface area (Å²) in [6.07, 6.45) is 3.21. The summed E-state index contributed by atoms with van der Waals surface area (Å²) in [5.74, 6) is 2.58. The molecule has 1 amide bonds. The minimum absolute atomic E-state index is 0.0148. The van der Waals surface area contributed by atoms with Gasteiger partial charge in [-0.15, -0.1) is 15.3 Å². The molecule has 9 nitrogen and oxygen atoms in total. The Hall–Kier alpha value is -3.36. The molecule has 0 atom stereocenters. The second-order valence-electron chi connectivity index (χ2n) is 9.05. The van der Waals surface area contributed by atoms with E-state index in [9.17, 15) is 4.79 Å². The molecule has 0 radical (unpaired) electrons. The number of hydrogen-bond acceptors (Lipinski definition) is 7. The lowest BCUT2D eigenvalue weighted by atomic mass is 9.84. The third kappa shape index (κ3) is 4.06. The van der Waals surface area contributed by atoms with Crippen LogP contribution in [-0.4, -0.2) is 58.6 Å². The molecule has 2 aliphatic rings. The topological polar surface area (TPSA) is 93.9 Å². The molecule has 32 heavy (non-hydrogen) atoms. The van der Waals surface area contributed by atoms with E-state index in [4.69, 9.17) is 9.47 Å². The fraction of sp³-hybridized carbons (Fsp3) is 0.478. The SMILES string of the molecule is CC(C)(CNC(=O)C1CCN(c2ccc3nncn3n2)CC1)c1ccc2c(c1)OCCO2. The monoisotopic (exact) mass is 436 g/mol. The standard InChI is InChI=1S/C23H28N6O3/c1-23(2,17-3-4-18-19(13-17)32-12-11-31-18)14-24-22(30)16-7-9-28(10-8-16)21-6-5-20-26-25-15-29(20)27-21/h3-6,13,15-16H,7-12,14H2,1-2H3,(H,24,30).